The van der Waals surface area contributed by atoms with Gasteiger partial charge in [0, 0.05) is 11.6 Å². The van der Waals surface area contributed by atoms with E-state index in [1.165, 1.54) is 11.6 Å². The molecule has 0 aliphatic carbocycles. The van der Waals surface area contributed by atoms with Gasteiger partial charge in [0.1, 0.15) is 28.9 Å². The van der Waals surface area contributed by atoms with E-state index in [9.17, 15) is 15.0 Å². The molecule has 1 aliphatic rings. The zero-order valence-corrected chi connectivity index (χ0v) is 14.5. The molecule has 0 amide bonds. The predicted octanol–water partition coefficient (Wildman–Crippen LogP) is 4.70. The molecule has 0 radical (unpaired) electrons. The first-order chi connectivity index (χ1) is 12.0. The van der Waals surface area contributed by atoms with Gasteiger partial charge >= 0.3 is 0 Å². The van der Waals surface area contributed by atoms with Gasteiger partial charge in [-0.3, -0.25) is 4.79 Å². The number of benzene rings is 2. The third kappa shape index (κ3) is 3.53. The van der Waals surface area contributed by atoms with Crippen LogP contribution in [-0.4, -0.2) is 16.0 Å². The number of allylic oxidation sites excluding steroid dienone is 2. The molecule has 0 saturated carbocycles. The van der Waals surface area contributed by atoms with Gasteiger partial charge in [0.05, 0.1) is 6.42 Å². The second-order valence-corrected chi connectivity index (χ2v) is 6.56. The van der Waals surface area contributed by atoms with E-state index >= 15 is 0 Å². The summed E-state index contributed by atoms with van der Waals surface area (Å²) in [4.78, 5) is 12.6. The number of carbonyl (C=O) groups is 1. The van der Waals surface area contributed by atoms with Crippen molar-refractivity contribution in [2.24, 2.45) is 0 Å². The van der Waals surface area contributed by atoms with Crippen LogP contribution in [0.25, 0.3) is 0 Å². The molecule has 25 heavy (non-hydrogen) atoms. The van der Waals surface area contributed by atoms with Crippen molar-refractivity contribution in [3.05, 3.63) is 64.7 Å². The predicted molar refractivity (Wildman–Crippen MR) is 96.3 cm³/mol. The fourth-order valence-corrected chi connectivity index (χ4v) is 3.13. The van der Waals surface area contributed by atoms with Gasteiger partial charge in [0.15, 0.2) is 5.78 Å². The van der Waals surface area contributed by atoms with Gasteiger partial charge in [-0.1, -0.05) is 42.0 Å². The molecule has 1 aliphatic heterocycles. The molecule has 0 saturated heterocycles. The first kappa shape index (κ1) is 17.1. The minimum Gasteiger partial charge on any atom is -0.507 e. The van der Waals surface area contributed by atoms with Crippen LogP contribution in [0.4, 0.5) is 0 Å². The Morgan fingerprint density at radius 3 is 2.60 bits per heavy atom. The second-order valence-electron chi connectivity index (χ2n) is 6.56. The molecule has 1 atom stereocenters. The smallest absolute Gasteiger partial charge is 0.174 e. The lowest BCUT2D eigenvalue weighted by Crippen LogP contribution is -2.21. The Morgan fingerprint density at radius 2 is 1.92 bits per heavy atom. The summed E-state index contributed by atoms with van der Waals surface area (Å²) in [7, 11) is 0. The van der Waals surface area contributed by atoms with Crippen molar-refractivity contribution in [3.63, 3.8) is 0 Å². The average molecular weight is 338 g/mol. The summed E-state index contributed by atoms with van der Waals surface area (Å²) in [5, 5.41) is 20.4. The molecule has 4 heteroatoms. The van der Waals surface area contributed by atoms with Gasteiger partial charge in [-0.2, -0.15) is 0 Å². The third-order valence-corrected chi connectivity index (χ3v) is 4.37. The van der Waals surface area contributed by atoms with E-state index in [-0.39, 0.29) is 29.3 Å². The van der Waals surface area contributed by atoms with Gasteiger partial charge in [0.2, 0.25) is 0 Å². The van der Waals surface area contributed by atoms with Crippen LogP contribution < -0.4 is 4.74 Å². The Bertz CT molecular complexity index is 818. The molecule has 2 aromatic rings. The fourth-order valence-electron chi connectivity index (χ4n) is 3.13. The highest BCUT2D eigenvalue weighted by atomic mass is 16.5. The Labute approximate surface area is 147 Å². The Balaban J connectivity index is 2.01. The molecule has 4 nitrogen and oxygen atoms in total. The molecule has 3 rings (SSSR count). The van der Waals surface area contributed by atoms with Gasteiger partial charge in [-0.25, -0.2) is 0 Å². The average Bonchev–Trinajstić information content (AvgIpc) is 2.57. The summed E-state index contributed by atoms with van der Waals surface area (Å²) in [6.07, 6.45) is 3.08. The summed E-state index contributed by atoms with van der Waals surface area (Å²) >= 11 is 0. The van der Waals surface area contributed by atoms with Crippen molar-refractivity contribution in [3.8, 4) is 17.2 Å². The first-order valence-electron chi connectivity index (χ1n) is 8.43. The highest BCUT2D eigenvalue weighted by Crippen LogP contribution is 2.45. The molecule has 130 valence electrons. The number of rotatable bonds is 4. The standard InChI is InChI=1S/C21H22O4/c1-13(2)7-6-10-15-16(22)11-17(23)20-18(24)12-19(25-21(15)20)14-8-4-3-5-9-14/h3-5,7-9,11,19,22-23H,6,10,12H2,1-2H3. The molecule has 2 N–H and O–H groups in total. The number of aromatic hydroxyl groups is 2. The van der Waals surface area contributed by atoms with Crippen molar-refractivity contribution in [1.82, 2.24) is 0 Å². The SMILES string of the molecule is CC(C)=CCCc1c(O)cc(O)c2c1OC(c1ccccc1)CC2=O. The Hall–Kier alpha value is -2.75. The van der Waals surface area contributed by atoms with Crippen LogP contribution >= 0.6 is 0 Å². The van der Waals surface area contributed by atoms with Crippen LogP contribution in [0.5, 0.6) is 17.2 Å². The van der Waals surface area contributed by atoms with E-state index in [4.69, 9.17) is 4.74 Å². The molecule has 2 aromatic carbocycles. The minimum atomic E-state index is -0.412. The first-order valence-corrected chi connectivity index (χ1v) is 8.43. The number of phenols is 2. The maximum atomic E-state index is 12.6. The summed E-state index contributed by atoms with van der Waals surface area (Å²) in [5.74, 6) is -0.129. The van der Waals surface area contributed by atoms with Crippen LogP contribution in [0.3, 0.4) is 0 Å². The number of carbonyl (C=O) groups excluding carboxylic acids is 1. The lowest BCUT2D eigenvalue weighted by atomic mass is 9.92. The quantitative estimate of drug-likeness (QED) is 0.793. The lowest BCUT2D eigenvalue weighted by molar-refractivity contribution is 0.0842. The van der Waals surface area contributed by atoms with Gasteiger partial charge in [-0.05, 0) is 32.3 Å². The van der Waals surface area contributed by atoms with Gasteiger partial charge < -0.3 is 14.9 Å². The van der Waals surface area contributed by atoms with Crippen LogP contribution in [-0.2, 0) is 6.42 Å². The summed E-state index contributed by atoms with van der Waals surface area (Å²) in [6.45, 7) is 4.02. The van der Waals surface area contributed by atoms with Crippen molar-refractivity contribution in [2.75, 3.05) is 0 Å². The van der Waals surface area contributed by atoms with Crippen molar-refractivity contribution in [1.29, 1.82) is 0 Å². The molecule has 0 spiro atoms. The molecular weight excluding hydrogens is 316 g/mol. The van der Waals surface area contributed by atoms with Crippen molar-refractivity contribution in [2.45, 2.75) is 39.2 Å². The number of ether oxygens (including phenoxy) is 1. The molecule has 0 bridgehead atoms. The van der Waals surface area contributed by atoms with Crippen LogP contribution in [0.2, 0.25) is 0 Å². The van der Waals surface area contributed by atoms with Crippen LogP contribution in [0, 0.1) is 0 Å². The van der Waals surface area contributed by atoms with Crippen molar-refractivity contribution >= 4 is 5.78 Å². The van der Waals surface area contributed by atoms with E-state index in [1.807, 2.05) is 44.2 Å². The Morgan fingerprint density at radius 1 is 1.20 bits per heavy atom. The normalized spacial score (nSPS) is 16.1. The molecule has 1 unspecified atom stereocenters. The number of hydrogen-bond acceptors (Lipinski definition) is 4. The maximum Gasteiger partial charge on any atom is 0.174 e. The molecule has 0 fully saturated rings. The number of Topliss-reactive ketones (excluding diaryl/α,β-unsaturated/α-hetero) is 1. The molecule has 1 heterocycles. The second kappa shape index (κ2) is 7.01. The van der Waals surface area contributed by atoms with Gasteiger partial charge in [-0.15, -0.1) is 0 Å². The van der Waals surface area contributed by atoms with Gasteiger partial charge in [0.25, 0.3) is 0 Å². The highest BCUT2D eigenvalue weighted by Gasteiger charge is 2.33. The van der Waals surface area contributed by atoms with E-state index in [0.29, 0.717) is 17.7 Å². The third-order valence-electron chi connectivity index (χ3n) is 4.37. The molecule has 0 aromatic heterocycles. The number of phenolic OH excluding ortho intramolecular Hbond substituents is 2. The monoisotopic (exact) mass is 338 g/mol. The summed E-state index contributed by atoms with van der Waals surface area (Å²) in [5.41, 5.74) is 2.84. The highest BCUT2D eigenvalue weighted by molar-refractivity contribution is 6.03. The Kier molecular flexibility index (Phi) is 4.79. The van der Waals surface area contributed by atoms with E-state index in [2.05, 4.69) is 6.08 Å². The zero-order chi connectivity index (χ0) is 18.0. The van der Waals surface area contributed by atoms with Crippen molar-refractivity contribution < 1.29 is 19.7 Å². The number of fused-ring (bicyclic) bond motifs is 1. The minimum absolute atomic E-state index is 0.0417. The lowest BCUT2D eigenvalue weighted by Gasteiger charge is -2.28. The zero-order valence-electron chi connectivity index (χ0n) is 14.5. The largest absolute Gasteiger partial charge is 0.507 e. The van der Waals surface area contributed by atoms with E-state index in [1.54, 1.807) is 0 Å². The topological polar surface area (TPSA) is 66.8 Å². The van der Waals surface area contributed by atoms with E-state index in [0.717, 1.165) is 12.0 Å². The summed E-state index contributed by atoms with van der Waals surface area (Å²) in [6, 6.07) is 10.8. The summed E-state index contributed by atoms with van der Waals surface area (Å²) < 4.78 is 6.08. The molecular formula is C21H22O4. The van der Waals surface area contributed by atoms with Crippen LogP contribution in [0.15, 0.2) is 48.0 Å². The van der Waals surface area contributed by atoms with E-state index < -0.39 is 6.10 Å². The number of ketones is 1. The van der Waals surface area contributed by atoms with Crippen LogP contribution in [0.1, 0.15) is 54.3 Å². The maximum absolute atomic E-state index is 12.6. The fraction of sp³-hybridized carbons (Fsp3) is 0.286. The number of hydrogen-bond donors (Lipinski definition) is 2.